The lowest BCUT2D eigenvalue weighted by Crippen LogP contribution is -2.59. The van der Waals surface area contributed by atoms with E-state index in [0.717, 1.165) is 19.6 Å². The van der Waals surface area contributed by atoms with E-state index in [1.54, 1.807) is 21.3 Å². The molecule has 0 heterocycles. The summed E-state index contributed by atoms with van der Waals surface area (Å²) in [5.74, 6) is 0. The van der Waals surface area contributed by atoms with Crippen molar-refractivity contribution in [3.63, 3.8) is 0 Å². The van der Waals surface area contributed by atoms with E-state index in [9.17, 15) is 0 Å². The van der Waals surface area contributed by atoms with Crippen molar-refractivity contribution in [2.75, 3.05) is 48.1 Å². The number of hydrogen-bond donors (Lipinski definition) is 1. The molecule has 0 radical (unpaired) electrons. The van der Waals surface area contributed by atoms with Gasteiger partial charge in [-0.1, -0.05) is 0 Å². The van der Waals surface area contributed by atoms with Gasteiger partial charge in [0.15, 0.2) is 6.29 Å². The summed E-state index contributed by atoms with van der Waals surface area (Å²) in [5, 5.41) is 0. The zero-order valence-corrected chi connectivity index (χ0v) is 11.2. The molecule has 0 fully saturated rings. The number of hydrogen-bond acceptors (Lipinski definition) is 5. The Kier molecular flexibility index (Phi) is 7.87. The Hall–Kier alpha value is -0.200. The SMILES string of the molecule is COCCCN(C)C(C)(CN)C(OC)OC. The molecule has 0 rings (SSSR count). The third-order valence-electron chi connectivity index (χ3n) is 3.06. The second kappa shape index (κ2) is 7.97. The topological polar surface area (TPSA) is 57.0 Å². The van der Waals surface area contributed by atoms with Crippen molar-refractivity contribution in [1.29, 1.82) is 0 Å². The third-order valence-corrected chi connectivity index (χ3v) is 3.06. The summed E-state index contributed by atoms with van der Waals surface area (Å²) < 4.78 is 15.6. The largest absolute Gasteiger partial charge is 0.385 e. The number of ether oxygens (including phenoxy) is 3. The van der Waals surface area contributed by atoms with Crippen molar-refractivity contribution < 1.29 is 14.2 Å². The van der Waals surface area contributed by atoms with E-state index in [-0.39, 0.29) is 11.8 Å². The number of methoxy groups -OCH3 is 3. The van der Waals surface area contributed by atoms with Gasteiger partial charge in [0.1, 0.15) is 0 Å². The molecular formula is C11H26N2O3. The normalized spacial score (nSPS) is 15.8. The lowest BCUT2D eigenvalue weighted by Gasteiger charge is -2.42. The fraction of sp³-hybridized carbons (Fsp3) is 1.00. The van der Waals surface area contributed by atoms with Crippen LogP contribution in [0.1, 0.15) is 13.3 Å². The Morgan fingerprint density at radius 1 is 1.25 bits per heavy atom. The van der Waals surface area contributed by atoms with E-state index < -0.39 is 0 Å². The second-order valence-electron chi connectivity index (χ2n) is 4.13. The monoisotopic (exact) mass is 234 g/mol. The summed E-state index contributed by atoms with van der Waals surface area (Å²) in [4.78, 5) is 2.16. The average molecular weight is 234 g/mol. The first-order chi connectivity index (χ1) is 7.56. The van der Waals surface area contributed by atoms with E-state index in [4.69, 9.17) is 19.9 Å². The van der Waals surface area contributed by atoms with Gasteiger partial charge in [-0.05, 0) is 20.4 Å². The van der Waals surface area contributed by atoms with Crippen LogP contribution in [-0.4, -0.2) is 64.8 Å². The Bertz CT molecular complexity index is 177. The van der Waals surface area contributed by atoms with Gasteiger partial charge in [0.05, 0.1) is 5.54 Å². The van der Waals surface area contributed by atoms with Gasteiger partial charge < -0.3 is 19.9 Å². The second-order valence-corrected chi connectivity index (χ2v) is 4.13. The summed E-state index contributed by atoms with van der Waals surface area (Å²) >= 11 is 0. The van der Waals surface area contributed by atoms with Crippen LogP contribution in [0.4, 0.5) is 0 Å². The van der Waals surface area contributed by atoms with E-state index in [1.807, 2.05) is 14.0 Å². The van der Waals surface area contributed by atoms with Crippen molar-refractivity contribution in [2.45, 2.75) is 25.2 Å². The maximum Gasteiger partial charge on any atom is 0.176 e. The first-order valence-corrected chi connectivity index (χ1v) is 5.52. The van der Waals surface area contributed by atoms with Crippen molar-refractivity contribution in [2.24, 2.45) is 5.73 Å². The molecule has 98 valence electrons. The van der Waals surface area contributed by atoms with Gasteiger partial charge in [-0.25, -0.2) is 0 Å². The van der Waals surface area contributed by atoms with Crippen molar-refractivity contribution in [3.8, 4) is 0 Å². The first kappa shape index (κ1) is 15.8. The molecule has 0 saturated carbocycles. The number of rotatable bonds is 9. The van der Waals surface area contributed by atoms with Crippen LogP contribution in [0.2, 0.25) is 0 Å². The lowest BCUT2D eigenvalue weighted by molar-refractivity contribution is -0.177. The van der Waals surface area contributed by atoms with E-state index in [0.29, 0.717) is 6.54 Å². The minimum Gasteiger partial charge on any atom is -0.385 e. The maximum absolute atomic E-state index is 5.83. The van der Waals surface area contributed by atoms with Gasteiger partial charge in [0.2, 0.25) is 0 Å². The third kappa shape index (κ3) is 3.99. The highest BCUT2D eigenvalue weighted by molar-refractivity contribution is 4.89. The smallest absolute Gasteiger partial charge is 0.176 e. The summed E-state index contributed by atoms with van der Waals surface area (Å²) in [6.07, 6.45) is 0.632. The molecular weight excluding hydrogens is 208 g/mol. The molecule has 0 spiro atoms. The standard InChI is InChI=1S/C11H26N2O3/c1-11(9-12,10(15-4)16-5)13(2)7-6-8-14-3/h10H,6-9,12H2,1-5H3. The molecule has 0 aromatic rings. The van der Waals surface area contributed by atoms with Crippen molar-refractivity contribution in [3.05, 3.63) is 0 Å². The minimum atomic E-state index is -0.329. The Labute approximate surface area is 98.8 Å². The summed E-state index contributed by atoms with van der Waals surface area (Å²) in [7, 11) is 6.99. The molecule has 5 nitrogen and oxygen atoms in total. The molecule has 0 amide bonds. The Balaban J connectivity index is 4.41. The van der Waals surface area contributed by atoms with Gasteiger partial charge in [0, 0.05) is 41.0 Å². The van der Waals surface area contributed by atoms with Gasteiger partial charge >= 0.3 is 0 Å². The zero-order chi connectivity index (χ0) is 12.6. The molecule has 1 unspecified atom stereocenters. The number of nitrogens with zero attached hydrogens (tertiary/aromatic N) is 1. The molecule has 0 aromatic heterocycles. The Morgan fingerprint density at radius 3 is 2.19 bits per heavy atom. The predicted molar refractivity (Wildman–Crippen MR) is 64.4 cm³/mol. The molecule has 1 atom stereocenters. The van der Waals surface area contributed by atoms with Crippen LogP contribution in [0.3, 0.4) is 0 Å². The highest BCUT2D eigenvalue weighted by Crippen LogP contribution is 2.20. The fourth-order valence-electron chi connectivity index (χ4n) is 1.74. The molecule has 16 heavy (non-hydrogen) atoms. The van der Waals surface area contributed by atoms with E-state index in [1.165, 1.54) is 0 Å². The van der Waals surface area contributed by atoms with Crippen LogP contribution in [0.15, 0.2) is 0 Å². The van der Waals surface area contributed by atoms with Gasteiger partial charge in [0.25, 0.3) is 0 Å². The highest BCUT2D eigenvalue weighted by atomic mass is 16.7. The van der Waals surface area contributed by atoms with Crippen molar-refractivity contribution >= 4 is 0 Å². The number of nitrogens with two attached hydrogens (primary N) is 1. The zero-order valence-electron chi connectivity index (χ0n) is 11.2. The highest BCUT2D eigenvalue weighted by Gasteiger charge is 2.37. The minimum absolute atomic E-state index is 0.322. The molecule has 0 saturated heterocycles. The molecule has 0 aliphatic heterocycles. The van der Waals surface area contributed by atoms with Gasteiger partial charge in [-0.3, -0.25) is 4.90 Å². The molecule has 2 N–H and O–H groups in total. The van der Waals surface area contributed by atoms with Crippen LogP contribution in [0, 0.1) is 0 Å². The van der Waals surface area contributed by atoms with Crippen LogP contribution in [-0.2, 0) is 14.2 Å². The summed E-state index contributed by atoms with van der Waals surface area (Å²) in [6.45, 7) is 4.15. The predicted octanol–water partition coefficient (Wildman–Crippen LogP) is 0.291. The molecule has 0 aromatic carbocycles. The number of likely N-dealkylation sites (N-methyl/N-ethyl adjacent to an activating group) is 1. The van der Waals surface area contributed by atoms with E-state index >= 15 is 0 Å². The van der Waals surface area contributed by atoms with Crippen LogP contribution < -0.4 is 5.73 Å². The average Bonchev–Trinajstić information content (AvgIpc) is 2.30. The molecule has 0 bridgehead atoms. The van der Waals surface area contributed by atoms with Crippen LogP contribution in [0.5, 0.6) is 0 Å². The summed E-state index contributed by atoms with van der Waals surface area (Å²) in [5.41, 5.74) is 5.51. The van der Waals surface area contributed by atoms with Crippen molar-refractivity contribution in [1.82, 2.24) is 4.90 Å². The fourth-order valence-corrected chi connectivity index (χ4v) is 1.74. The van der Waals surface area contributed by atoms with Crippen LogP contribution in [0.25, 0.3) is 0 Å². The maximum atomic E-state index is 5.83. The molecule has 5 heteroatoms. The van der Waals surface area contributed by atoms with Crippen LogP contribution >= 0.6 is 0 Å². The lowest BCUT2D eigenvalue weighted by atomic mass is 9.99. The first-order valence-electron chi connectivity index (χ1n) is 5.52. The van der Waals surface area contributed by atoms with Gasteiger partial charge in [-0.2, -0.15) is 0 Å². The van der Waals surface area contributed by atoms with Gasteiger partial charge in [-0.15, -0.1) is 0 Å². The molecule has 0 aliphatic rings. The quantitative estimate of drug-likeness (QED) is 0.459. The molecule has 0 aliphatic carbocycles. The van der Waals surface area contributed by atoms with E-state index in [2.05, 4.69) is 4.90 Å². The Morgan fingerprint density at radius 2 is 1.81 bits per heavy atom. The summed E-state index contributed by atoms with van der Waals surface area (Å²) in [6, 6.07) is 0.